The normalized spacial score (nSPS) is 10.4. The van der Waals surface area contributed by atoms with E-state index in [-0.39, 0.29) is 0 Å². The SMILES string of the molecule is Cc1ccc(-c2ccc(O)cc2)c(P)c1C. The Hall–Kier alpha value is -1.33. The van der Waals surface area contributed by atoms with E-state index >= 15 is 0 Å². The predicted molar refractivity (Wildman–Crippen MR) is 72.4 cm³/mol. The topological polar surface area (TPSA) is 20.2 Å². The molecule has 2 aromatic rings. The molecule has 1 atom stereocenters. The van der Waals surface area contributed by atoms with Crippen molar-refractivity contribution in [1.82, 2.24) is 0 Å². The van der Waals surface area contributed by atoms with Crippen LogP contribution in [0.1, 0.15) is 11.1 Å². The summed E-state index contributed by atoms with van der Waals surface area (Å²) in [6.45, 7) is 4.24. The second-order valence-electron chi connectivity index (χ2n) is 4.02. The molecule has 0 aliphatic rings. The minimum absolute atomic E-state index is 0.304. The second kappa shape index (κ2) is 4.27. The summed E-state index contributed by atoms with van der Waals surface area (Å²) in [6, 6.07) is 11.6. The van der Waals surface area contributed by atoms with E-state index in [9.17, 15) is 5.11 Å². The van der Waals surface area contributed by atoms with Gasteiger partial charge in [-0.1, -0.05) is 24.3 Å². The van der Waals surface area contributed by atoms with Crippen molar-refractivity contribution >= 4 is 14.5 Å². The van der Waals surface area contributed by atoms with Crippen molar-refractivity contribution in [2.75, 3.05) is 0 Å². The lowest BCUT2D eigenvalue weighted by Crippen LogP contribution is -2.03. The fourth-order valence-corrected chi connectivity index (χ4v) is 2.22. The number of aromatic hydroxyl groups is 1. The maximum Gasteiger partial charge on any atom is 0.115 e. The summed E-state index contributed by atoms with van der Waals surface area (Å²) in [5, 5.41) is 10.5. The molecule has 0 saturated heterocycles. The molecule has 2 rings (SSSR count). The molecule has 0 amide bonds. The molecule has 1 nitrogen and oxygen atoms in total. The molecular weight excluding hydrogens is 215 g/mol. The highest BCUT2D eigenvalue weighted by molar-refractivity contribution is 7.28. The molecule has 0 fully saturated rings. The van der Waals surface area contributed by atoms with Gasteiger partial charge in [0.15, 0.2) is 0 Å². The van der Waals surface area contributed by atoms with E-state index in [1.165, 1.54) is 22.0 Å². The van der Waals surface area contributed by atoms with Gasteiger partial charge < -0.3 is 5.11 Å². The molecule has 0 spiro atoms. The molecule has 0 radical (unpaired) electrons. The van der Waals surface area contributed by atoms with Crippen molar-refractivity contribution in [3.63, 3.8) is 0 Å². The van der Waals surface area contributed by atoms with E-state index in [0.717, 1.165) is 5.56 Å². The van der Waals surface area contributed by atoms with Crippen LogP contribution in [0.5, 0.6) is 5.75 Å². The first-order valence-electron chi connectivity index (χ1n) is 5.24. The highest BCUT2D eigenvalue weighted by atomic mass is 31.0. The number of phenols is 1. The number of hydrogen-bond donors (Lipinski definition) is 1. The van der Waals surface area contributed by atoms with Crippen molar-refractivity contribution in [2.24, 2.45) is 0 Å². The first kappa shape index (κ1) is 11.2. The van der Waals surface area contributed by atoms with Crippen LogP contribution < -0.4 is 5.30 Å². The highest BCUT2D eigenvalue weighted by Crippen LogP contribution is 2.24. The standard InChI is InChI=1S/C14H15OP/c1-9-3-8-13(14(16)10(9)2)11-4-6-12(15)7-5-11/h3-8,15H,16H2,1-2H3. The third-order valence-corrected chi connectivity index (χ3v) is 3.71. The zero-order valence-electron chi connectivity index (χ0n) is 9.49. The molecule has 1 unspecified atom stereocenters. The number of rotatable bonds is 1. The Kier molecular flexibility index (Phi) is 2.98. The summed E-state index contributed by atoms with van der Waals surface area (Å²) in [4.78, 5) is 0. The Morgan fingerprint density at radius 3 is 2.19 bits per heavy atom. The highest BCUT2D eigenvalue weighted by Gasteiger charge is 2.05. The Morgan fingerprint density at radius 1 is 0.938 bits per heavy atom. The van der Waals surface area contributed by atoms with Crippen LogP contribution in [-0.4, -0.2) is 5.11 Å². The fourth-order valence-electron chi connectivity index (χ4n) is 1.73. The third-order valence-electron chi connectivity index (χ3n) is 2.96. The van der Waals surface area contributed by atoms with E-state index in [2.05, 4.69) is 35.2 Å². The van der Waals surface area contributed by atoms with Gasteiger partial charge >= 0.3 is 0 Å². The van der Waals surface area contributed by atoms with Crippen molar-refractivity contribution in [2.45, 2.75) is 13.8 Å². The molecule has 0 saturated carbocycles. The molecule has 1 N–H and O–H groups in total. The van der Waals surface area contributed by atoms with Gasteiger partial charge in [0, 0.05) is 0 Å². The smallest absolute Gasteiger partial charge is 0.115 e. The summed E-state index contributed by atoms with van der Waals surface area (Å²) in [6.07, 6.45) is 0. The summed E-state index contributed by atoms with van der Waals surface area (Å²) >= 11 is 0. The lowest BCUT2D eigenvalue weighted by atomic mass is 10.0. The van der Waals surface area contributed by atoms with Crippen LogP contribution in [0, 0.1) is 13.8 Å². The van der Waals surface area contributed by atoms with Gasteiger partial charge in [0.25, 0.3) is 0 Å². The Bertz CT molecular complexity index is 515. The maximum atomic E-state index is 9.27. The minimum Gasteiger partial charge on any atom is -0.508 e. The van der Waals surface area contributed by atoms with Crippen molar-refractivity contribution in [3.8, 4) is 16.9 Å². The van der Waals surface area contributed by atoms with Gasteiger partial charge in [-0.2, -0.15) is 0 Å². The van der Waals surface area contributed by atoms with Gasteiger partial charge in [-0.15, -0.1) is 9.24 Å². The monoisotopic (exact) mass is 230 g/mol. The molecule has 2 aromatic carbocycles. The van der Waals surface area contributed by atoms with Gasteiger partial charge in [-0.05, 0) is 53.5 Å². The molecule has 0 aromatic heterocycles. The van der Waals surface area contributed by atoms with Crippen LogP contribution in [0.15, 0.2) is 36.4 Å². The van der Waals surface area contributed by atoms with Crippen LogP contribution in [0.25, 0.3) is 11.1 Å². The van der Waals surface area contributed by atoms with Crippen molar-refractivity contribution in [3.05, 3.63) is 47.5 Å². The maximum absolute atomic E-state index is 9.27. The van der Waals surface area contributed by atoms with Crippen LogP contribution in [-0.2, 0) is 0 Å². The van der Waals surface area contributed by atoms with Crippen LogP contribution >= 0.6 is 9.24 Å². The van der Waals surface area contributed by atoms with E-state index in [4.69, 9.17) is 0 Å². The van der Waals surface area contributed by atoms with E-state index in [1.54, 1.807) is 12.1 Å². The zero-order chi connectivity index (χ0) is 11.7. The molecular formula is C14H15OP. The quantitative estimate of drug-likeness (QED) is 0.746. The fraction of sp³-hybridized carbons (Fsp3) is 0.143. The van der Waals surface area contributed by atoms with Crippen molar-refractivity contribution in [1.29, 1.82) is 0 Å². The minimum atomic E-state index is 0.304. The van der Waals surface area contributed by atoms with Gasteiger partial charge in [0.1, 0.15) is 5.75 Å². The van der Waals surface area contributed by atoms with Crippen molar-refractivity contribution < 1.29 is 5.11 Å². The van der Waals surface area contributed by atoms with Crippen LogP contribution in [0.3, 0.4) is 0 Å². The zero-order valence-corrected chi connectivity index (χ0v) is 10.6. The van der Waals surface area contributed by atoms with Crippen LogP contribution in [0.4, 0.5) is 0 Å². The summed E-state index contributed by atoms with van der Waals surface area (Å²) in [7, 11) is 2.80. The van der Waals surface area contributed by atoms with E-state index in [1.807, 2.05) is 12.1 Å². The van der Waals surface area contributed by atoms with Gasteiger partial charge in [0.2, 0.25) is 0 Å². The molecule has 82 valence electrons. The second-order valence-corrected chi connectivity index (χ2v) is 4.59. The average Bonchev–Trinajstić information content (AvgIpc) is 2.28. The summed E-state index contributed by atoms with van der Waals surface area (Å²) < 4.78 is 0. The first-order chi connectivity index (χ1) is 7.59. The van der Waals surface area contributed by atoms with E-state index < -0.39 is 0 Å². The Morgan fingerprint density at radius 2 is 1.56 bits per heavy atom. The number of aryl methyl sites for hydroxylation is 1. The first-order valence-corrected chi connectivity index (χ1v) is 5.82. The average molecular weight is 230 g/mol. The Balaban J connectivity index is 2.57. The largest absolute Gasteiger partial charge is 0.508 e. The molecule has 16 heavy (non-hydrogen) atoms. The third kappa shape index (κ3) is 1.96. The number of phenolic OH excluding ortho intramolecular Hbond substituents is 1. The van der Waals surface area contributed by atoms with Gasteiger partial charge in [0.05, 0.1) is 0 Å². The lowest BCUT2D eigenvalue weighted by molar-refractivity contribution is 0.475. The predicted octanol–water partition coefficient (Wildman–Crippen LogP) is 3.18. The molecule has 0 bridgehead atoms. The molecule has 0 heterocycles. The molecule has 0 aliphatic carbocycles. The summed E-state index contributed by atoms with van der Waals surface area (Å²) in [5.41, 5.74) is 4.93. The Labute approximate surface area is 98.3 Å². The van der Waals surface area contributed by atoms with Gasteiger partial charge in [-0.25, -0.2) is 0 Å². The number of hydrogen-bond acceptors (Lipinski definition) is 1. The number of benzene rings is 2. The summed E-state index contributed by atoms with van der Waals surface area (Å²) in [5.74, 6) is 0.304. The van der Waals surface area contributed by atoms with Gasteiger partial charge in [-0.3, -0.25) is 0 Å². The lowest BCUT2D eigenvalue weighted by Gasteiger charge is -2.11. The molecule has 2 heteroatoms. The van der Waals surface area contributed by atoms with E-state index in [0.29, 0.717) is 5.75 Å². The molecule has 0 aliphatic heterocycles. The van der Waals surface area contributed by atoms with Crippen LogP contribution in [0.2, 0.25) is 0 Å².